The van der Waals surface area contributed by atoms with Crippen LogP contribution in [0.3, 0.4) is 0 Å². The standard InChI is InChI=1S/C29H30F2N6O5S/c1-29(2,3)42-28(38)37-12-10-36(11-13-37)26-20-14-18(8-9-23(20)33-17-34-26)19-15-24(27(41-4)32-16-19)35-43(39,40)25-21(30)6-5-7-22(25)31/h5-9,14-17,35H,10-13H2,1-4H3. The Morgan fingerprint density at radius 3 is 2.30 bits per heavy atom. The molecule has 0 atom stereocenters. The quantitative estimate of drug-likeness (QED) is 0.326. The zero-order valence-electron chi connectivity index (χ0n) is 24.0. The van der Waals surface area contributed by atoms with E-state index in [-0.39, 0.29) is 17.7 Å². The zero-order chi connectivity index (χ0) is 30.9. The molecule has 0 saturated carbocycles. The normalized spacial score (nSPS) is 14.1. The van der Waals surface area contributed by atoms with E-state index in [0.29, 0.717) is 48.6 Å². The van der Waals surface area contributed by atoms with Crippen LogP contribution in [0.2, 0.25) is 0 Å². The summed E-state index contributed by atoms with van der Waals surface area (Å²) >= 11 is 0. The summed E-state index contributed by atoms with van der Waals surface area (Å²) in [6.45, 7) is 7.43. The summed E-state index contributed by atoms with van der Waals surface area (Å²) in [6, 6.07) is 9.69. The lowest BCUT2D eigenvalue weighted by Crippen LogP contribution is -2.50. The van der Waals surface area contributed by atoms with Gasteiger partial charge in [0.25, 0.3) is 10.0 Å². The van der Waals surface area contributed by atoms with Gasteiger partial charge in [0.05, 0.1) is 12.6 Å². The summed E-state index contributed by atoms with van der Waals surface area (Å²) in [7, 11) is -3.37. The lowest BCUT2D eigenvalue weighted by Gasteiger charge is -2.36. The monoisotopic (exact) mass is 612 g/mol. The van der Waals surface area contributed by atoms with Crippen LogP contribution in [0.25, 0.3) is 22.0 Å². The molecule has 0 bridgehead atoms. The maximum Gasteiger partial charge on any atom is 0.410 e. The Balaban J connectivity index is 1.44. The topological polar surface area (TPSA) is 127 Å². The van der Waals surface area contributed by atoms with E-state index in [4.69, 9.17) is 9.47 Å². The maximum absolute atomic E-state index is 14.3. The molecule has 1 saturated heterocycles. The molecular formula is C29H30F2N6O5S. The van der Waals surface area contributed by atoms with Crippen molar-refractivity contribution in [1.29, 1.82) is 0 Å². The van der Waals surface area contributed by atoms with E-state index in [1.54, 1.807) is 17.0 Å². The highest BCUT2D eigenvalue weighted by atomic mass is 32.2. The first-order chi connectivity index (χ1) is 20.4. The van der Waals surface area contributed by atoms with Gasteiger partial charge >= 0.3 is 6.09 Å². The first kappa shape index (κ1) is 29.9. The number of fused-ring (bicyclic) bond motifs is 1. The summed E-state index contributed by atoms with van der Waals surface area (Å²) in [5.41, 5.74) is 1.14. The number of pyridine rings is 1. The number of benzene rings is 2. The number of halogens is 2. The molecule has 1 fully saturated rings. The van der Waals surface area contributed by atoms with Crippen LogP contribution in [0.15, 0.2) is 59.9 Å². The van der Waals surface area contributed by atoms with Crippen molar-refractivity contribution in [2.24, 2.45) is 0 Å². The van der Waals surface area contributed by atoms with E-state index >= 15 is 0 Å². The first-order valence-corrected chi connectivity index (χ1v) is 14.8. The number of amides is 1. The number of rotatable bonds is 6. The molecule has 2 aromatic heterocycles. The highest BCUT2D eigenvalue weighted by Crippen LogP contribution is 2.34. The number of hydrogen-bond acceptors (Lipinski definition) is 9. The fraction of sp³-hybridized carbons (Fsp3) is 0.310. The predicted molar refractivity (Wildman–Crippen MR) is 157 cm³/mol. The largest absolute Gasteiger partial charge is 0.480 e. The van der Waals surface area contributed by atoms with E-state index in [2.05, 4.69) is 24.6 Å². The lowest BCUT2D eigenvalue weighted by atomic mass is 10.0. The third-order valence-electron chi connectivity index (χ3n) is 6.66. The summed E-state index contributed by atoms with van der Waals surface area (Å²) in [4.78, 5) is 28.2. The van der Waals surface area contributed by atoms with E-state index in [1.807, 2.05) is 26.8 Å². The Bertz CT molecular complexity index is 1770. The molecule has 14 heteroatoms. The van der Waals surface area contributed by atoms with Gasteiger partial charge in [-0.2, -0.15) is 0 Å². The molecule has 11 nitrogen and oxygen atoms in total. The third kappa shape index (κ3) is 6.43. The van der Waals surface area contributed by atoms with Crippen LogP contribution in [0.5, 0.6) is 5.88 Å². The highest BCUT2D eigenvalue weighted by Gasteiger charge is 2.28. The minimum Gasteiger partial charge on any atom is -0.480 e. The van der Waals surface area contributed by atoms with Crippen LogP contribution < -0.4 is 14.4 Å². The molecule has 0 aliphatic carbocycles. The Hall–Kier alpha value is -4.59. The van der Waals surface area contributed by atoms with Gasteiger partial charge in [-0.3, -0.25) is 4.72 Å². The number of ether oxygens (including phenoxy) is 2. The second-order valence-electron chi connectivity index (χ2n) is 10.8. The van der Waals surface area contributed by atoms with Crippen LogP contribution in [0.4, 0.5) is 25.1 Å². The van der Waals surface area contributed by atoms with E-state index in [0.717, 1.165) is 23.6 Å². The molecule has 1 aliphatic heterocycles. The van der Waals surface area contributed by atoms with Crippen molar-refractivity contribution in [1.82, 2.24) is 19.9 Å². The molecule has 0 unspecified atom stereocenters. The van der Waals surface area contributed by atoms with Crippen LogP contribution in [-0.4, -0.2) is 73.3 Å². The third-order valence-corrected chi connectivity index (χ3v) is 8.07. The van der Waals surface area contributed by atoms with Crippen LogP contribution in [0.1, 0.15) is 20.8 Å². The van der Waals surface area contributed by atoms with E-state index < -0.39 is 32.2 Å². The molecule has 0 spiro atoms. The Kier molecular flexibility index (Phi) is 8.06. The van der Waals surface area contributed by atoms with Gasteiger partial charge < -0.3 is 19.3 Å². The van der Waals surface area contributed by atoms with Crippen molar-refractivity contribution in [3.8, 4) is 17.0 Å². The van der Waals surface area contributed by atoms with Gasteiger partial charge in [0.2, 0.25) is 5.88 Å². The lowest BCUT2D eigenvalue weighted by molar-refractivity contribution is 0.0240. The molecule has 1 N–H and O–H groups in total. The minimum absolute atomic E-state index is 0.0863. The van der Waals surface area contributed by atoms with Gasteiger partial charge in [0.15, 0.2) is 4.90 Å². The van der Waals surface area contributed by atoms with E-state index in [1.165, 1.54) is 25.7 Å². The van der Waals surface area contributed by atoms with Crippen molar-refractivity contribution in [2.75, 3.05) is 42.9 Å². The highest BCUT2D eigenvalue weighted by molar-refractivity contribution is 7.92. The molecule has 1 aliphatic rings. The second-order valence-corrected chi connectivity index (χ2v) is 12.4. The molecule has 226 valence electrons. The Morgan fingerprint density at radius 2 is 1.65 bits per heavy atom. The van der Waals surface area contributed by atoms with Gasteiger partial charge in [-0.25, -0.2) is 36.9 Å². The number of nitrogens with zero attached hydrogens (tertiary/aromatic N) is 5. The molecule has 43 heavy (non-hydrogen) atoms. The summed E-state index contributed by atoms with van der Waals surface area (Å²) in [5.74, 6) is -1.88. The molecule has 4 aromatic rings. The van der Waals surface area contributed by atoms with Gasteiger partial charge in [0.1, 0.15) is 35.1 Å². The second kappa shape index (κ2) is 11.6. The van der Waals surface area contributed by atoms with Gasteiger partial charge in [-0.05, 0) is 56.7 Å². The molecule has 0 radical (unpaired) electrons. The number of nitrogens with one attached hydrogen (secondary N) is 1. The Labute approximate surface area is 247 Å². The van der Waals surface area contributed by atoms with Crippen molar-refractivity contribution < 1.29 is 31.5 Å². The van der Waals surface area contributed by atoms with Crippen molar-refractivity contribution >= 4 is 38.5 Å². The molecule has 2 aromatic carbocycles. The Morgan fingerprint density at radius 1 is 0.953 bits per heavy atom. The number of carbonyl (C=O) groups is 1. The van der Waals surface area contributed by atoms with Gasteiger partial charge in [-0.15, -0.1) is 0 Å². The minimum atomic E-state index is -4.67. The number of anilines is 2. The SMILES string of the molecule is COc1ncc(-c2ccc3ncnc(N4CCN(C(=O)OC(C)(C)C)CC4)c3c2)cc1NS(=O)(=O)c1c(F)cccc1F. The van der Waals surface area contributed by atoms with Gasteiger partial charge in [0, 0.05) is 43.3 Å². The smallest absolute Gasteiger partial charge is 0.410 e. The summed E-state index contributed by atoms with van der Waals surface area (Å²) in [6.07, 6.45) is 2.60. The number of sulfonamides is 1. The molecular weight excluding hydrogens is 582 g/mol. The number of aromatic nitrogens is 3. The number of carbonyl (C=O) groups excluding carboxylic acids is 1. The van der Waals surface area contributed by atoms with Crippen LogP contribution in [0, 0.1) is 11.6 Å². The zero-order valence-corrected chi connectivity index (χ0v) is 24.8. The number of piperazine rings is 1. The number of methoxy groups -OCH3 is 1. The summed E-state index contributed by atoms with van der Waals surface area (Å²) < 4.78 is 67.4. The average molecular weight is 613 g/mol. The van der Waals surface area contributed by atoms with Crippen molar-refractivity contribution in [2.45, 2.75) is 31.3 Å². The fourth-order valence-electron chi connectivity index (χ4n) is 4.68. The maximum atomic E-state index is 14.3. The average Bonchev–Trinajstić information content (AvgIpc) is 2.95. The fourth-order valence-corrected chi connectivity index (χ4v) is 5.87. The first-order valence-electron chi connectivity index (χ1n) is 13.3. The van der Waals surface area contributed by atoms with Crippen LogP contribution in [-0.2, 0) is 14.8 Å². The molecule has 3 heterocycles. The van der Waals surface area contributed by atoms with Gasteiger partial charge in [-0.1, -0.05) is 12.1 Å². The molecule has 5 rings (SSSR count). The van der Waals surface area contributed by atoms with E-state index in [9.17, 15) is 22.0 Å². The molecule has 1 amide bonds. The van der Waals surface area contributed by atoms with Crippen molar-refractivity contribution in [3.05, 3.63) is 66.6 Å². The number of hydrogen-bond donors (Lipinski definition) is 1. The predicted octanol–water partition coefficient (Wildman–Crippen LogP) is 4.84. The van der Waals surface area contributed by atoms with Crippen LogP contribution >= 0.6 is 0 Å². The van der Waals surface area contributed by atoms with Crippen molar-refractivity contribution in [3.63, 3.8) is 0 Å². The summed E-state index contributed by atoms with van der Waals surface area (Å²) in [5, 5.41) is 0.733.